The quantitative estimate of drug-likeness (QED) is 0.173. The molecule has 3 N–H and O–H groups in total. The molecule has 0 bridgehead atoms. The molecule has 1 aromatic heterocycles. The average Bonchev–Trinajstić information content (AvgIpc) is 3.50. The Labute approximate surface area is 251 Å². The molecule has 0 radical (unpaired) electrons. The number of carboxylic acids is 1. The summed E-state index contributed by atoms with van der Waals surface area (Å²) in [7, 11) is 0. The van der Waals surface area contributed by atoms with Crippen molar-refractivity contribution in [2.75, 3.05) is 23.8 Å². The minimum Gasteiger partial charge on any atom is -0.478 e. The highest BCUT2D eigenvalue weighted by molar-refractivity contribution is 6.30. The zero-order valence-electron chi connectivity index (χ0n) is 22.9. The van der Waals surface area contributed by atoms with Gasteiger partial charge < -0.3 is 25.2 Å². The number of halogens is 3. The van der Waals surface area contributed by atoms with Crippen molar-refractivity contribution in [1.82, 2.24) is 4.98 Å². The number of hydrogen-bond donors (Lipinski definition) is 3. The van der Waals surface area contributed by atoms with E-state index in [1.165, 1.54) is 42.5 Å². The van der Waals surface area contributed by atoms with E-state index in [1.54, 1.807) is 30.3 Å². The zero-order valence-corrected chi connectivity index (χ0v) is 23.7. The van der Waals surface area contributed by atoms with Crippen LogP contribution in [0.1, 0.15) is 34.3 Å². The maximum absolute atomic E-state index is 15.2. The molecule has 1 aliphatic heterocycles. The van der Waals surface area contributed by atoms with Crippen LogP contribution in [0.3, 0.4) is 0 Å². The van der Waals surface area contributed by atoms with Crippen molar-refractivity contribution in [3.8, 4) is 17.1 Å². The van der Waals surface area contributed by atoms with Gasteiger partial charge in [0.15, 0.2) is 0 Å². The van der Waals surface area contributed by atoms with Gasteiger partial charge in [-0.3, -0.25) is 4.79 Å². The molecule has 43 heavy (non-hydrogen) atoms. The molecule has 2 heterocycles. The predicted molar refractivity (Wildman–Crippen MR) is 159 cm³/mol. The normalized spacial score (nSPS) is 14.3. The molecule has 222 valence electrons. The van der Waals surface area contributed by atoms with E-state index in [0.717, 1.165) is 12.8 Å². The summed E-state index contributed by atoms with van der Waals surface area (Å²) in [6.45, 7) is 1.01. The van der Waals surface area contributed by atoms with Gasteiger partial charge in [-0.15, -0.1) is 0 Å². The van der Waals surface area contributed by atoms with Crippen molar-refractivity contribution >= 4 is 34.9 Å². The number of aromatic nitrogens is 1. The fourth-order valence-electron chi connectivity index (χ4n) is 4.76. The van der Waals surface area contributed by atoms with Crippen molar-refractivity contribution in [1.29, 1.82) is 0 Å². The second-order valence-electron chi connectivity index (χ2n) is 9.97. The van der Waals surface area contributed by atoms with Gasteiger partial charge in [0.2, 0.25) is 11.8 Å². The Bertz CT molecular complexity index is 1650. The Hall–Kier alpha value is -4.54. The topological polar surface area (TPSA) is 110 Å². The number of rotatable bonds is 11. The Morgan fingerprint density at radius 3 is 2.60 bits per heavy atom. The van der Waals surface area contributed by atoms with Crippen LogP contribution in [-0.2, 0) is 22.6 Å². The highest BCUT2D eigenvalue weighted by atomic mass is 35.5. The van der Waals surface area contributed by atoms with Crippen molar-refractivity contribution in [3.05, 3.63) is 106 Å². The second-order valence-corrected chi connectivity index (χ2v) is 10.4. The summed E-state index contributed by atoms with van der Waals surface area (Å²) in [6, 6.07) is 17.8. The summed E-state index contributed by atoms with van der Waals surface area (Å²) in [5, 5.41) is 15.7. The highest BCUT2D eigenvalue weighted by Gasteiger charge is 2.19. The summed E-state index contributed by atoms with van der Waals surface area (Å²) in [6.07, 6.45) is 1.63. The van der Waals surface area contributed by atoms with Crippen LogP contribution in [0.5, 0.6) is 5.88 Å². The van der Waals surface area contributed by atoms with Crippen LogP contribution in [0.25, 0.3) is 11.3 Å². The van der Waals surface area contributed by atoms with E-state index in [2.05, 4.69) is 15.6 Å². The Kier molecular flexibility index (Phi) is 9.48. The molecule has 1 aliphatic rings. The van der Waals surface area contributed by atoms with Gasteiger partial charge in [0, 0.05) is 35.4 Å². The van der Waals surface area contributed by atoms with Crippen LogP contribution in [0, 0.1) is 11.6 Å². The number of pyridine rings is 1. The van der Waals surface area contributed by atoms with Gasteiger partial charge in [0.1, 0.15) is 18.2 Å². The van der Waals surface area contributed by atoms with Gasteiger partial charge in [0.25, 0.3) is 0 Å². The minimum absolute atomic E-state index is 0.00987. The van der Waals surface area contributed by atoms with Crippen LogP contribution >= 0.6 is 11.6 Å². The molecule has 0 spiro atoms. The molecule has 1 amide bonds. The number of carboxylic acid groups (broad SMARTS) is 1. The molecule has 11 heteroatoms. The average molecular weight is 608 g/mol. The first-order valence-electron chi connectivity index (χ1n) is 13.6. The van der Waals surface area contributed by atoms with E-state index < -0.39 is 23.5 Å². The molecule has 8 nitrogen and oxygen atoms in total. The third kappa shape index (κ3) is 7.65. The maximum atomic E-state index is 15.2. The molecule has 0 saturated carbocycles. The zero-order chi connectivity index (χ0) is 30.3. The van der Waals surface area contributed by atoms with Crippen molar-refractivity contribution < 1.29 is 33.0 Å². The van der Waals surface area contributed by atoms with Gasteiger partial charge in [-0.25, -0.2) is 18.6 Å². The molecule has 1 atom stereocenters. The monoisotopic (exact) mass is 607 g/mol. The number of benzene rings is 3. The number of amides is 1. The van der Waals surface area contributed by atoms with E-state index in [4.69, 9.17) is 21.1 Å². The summed E-state index contributed by atoms with van der Waals surface area (Å²) < 4.78 is 40.6. The number of ether oxygens (including phenoxy) is 2. The third-order valence-electron chi connectivity index (χ3n) is 6.91. The van der Waals surface area contributed by atoms with E-state index in [1.807, 2.05) is 0 Å². The lowest BCUT2D eigenvalue weighted by molar-refractivity contribution is -0.115. The number of nitrogens with zero attached hydrogens (tertiary/aromatic N) is 1. The number of nitrogens with one attached hydrogen (secondary N) is 2. The summed E-state index contributed by atoms with van der Waals surface area (Å²) in [5.74, 6) is -2.50. The van der Waals surface area contributed by atoms with Crippen LogP contribution < -0.4 is 15.4 Å². The molecule has 3 aromatic carbocycles. The Morgan fingerprint density at radius 1 is 1.00 bits per heavy atom. The van der Waals surface area contributed by atoms with Gasteiger partial charge >= 0.3 is 5.97 Å². The van der Waals surface area contributed by atoms with Gasteiger partial charge in [0.05, 0.1) is 35.2 Å². The largest absolute Gasteiger partial charge is 0.478 e. The fraction of sp³-hybridized carbons (Fsp3) is 0.219. The summed E-state index contributed by atoms with van der Waals surface area (Å²) in [5.41, 5.74) is 1.90. The van der Waals surface area contributed by atoms with E-state index in [9.17, 15) is 19.1 Å². The Balaban J connectivity index is 1.33. The van der Waals surface area contributed by atoms with Crippen LogP contribution in [0.4, 0.5) is 20.2 Å². The molecule has 0 aliphatic carbocycles. The first-order valence-corrected chi connectivity index (χ1v) is 14.0. The first-order chi connectivity index (χ1) is 20.8. The van der Waals surface area contributed by atoms with Gasteiger partial charge in [-0.1, -0.05) is 35.9 Å². The smallest absolute Gasteiger partial charge is 0.335 e. The number of carbonyl (C=O) groups excluding carboxylic acids is 1. The Morgan fingerprint density at radius 2 is 1.84 bits per heavy atom. The van der Waals surface area contributed by atoms with E-state index >= 15 is 4.39 Å². The molecule has 1 fully saturated rings. The molecular weight excluding hydrogens is 580 g/mol. The van der Waals surface area contributed by atoms with Crippen molar-refractivity contribution in [2.45, 2.75) is 32.0 Å². The number of hydrogen-bond acceptors (Lipinski definition) is 6. The first kappa shape index (κ1) is 29.9. The number of carbonyl (C=O) groups is 2. The number of aromatic carboxylic acids is 1. The van der Waals surface area contributed by atoms with Crippen LogP contribution in [0.2, 0.25) is 5.02 Å². The minimum atomic E-state index is -1.10. The van der Waals surface area contributed by atoms with Gasteiger partial charge in [-0.05, 0) is 60.9 Å². The van der Waals surface area contributed by atoms with Crippen LogP contribution in [0.15, 0.2) is 72.8 Å². The third-order valence-corrected chi connectivity index (χ3v) is 7.14. The van der Waals surface area contributed by atoms with Crippen LogP contribution in [-0.4, -0.2) is 41.2 Å². The van der Waals surface area contributed by atoms with Crippen molar-refractivity contribution in [2.24, 2.45) is 0 Å². The molecular formula is C32H28ClF2N3O5. The molecule has 1 unspecified atom stereocenters. The SMILES string of the molecule is O=C(Cc1cccc(F)c1-c1cccc(OCc2ccc(Cl)cc2F)n1)Nc1ccc(C(=O)O)cc1NCC1CCCO1. The van der Waals surface area contributed by atoms with E-state index in [0.29, 0.717) is 30.1 Å². The maximum Gasteiger partial charge on any atom is 0.335 e. The predicted octanol–water partition coefficient (Wildman–Crippen LogP) is 6.73. The van der Waals surface area contributed by atoms with E-state index in [-0.39, 0.29) is 52.4 Å². The second kappa shape index (κ2) is 13.6. The lowest BCUT2D eigenvalue weighted by Gasteiger charge is -2.17. The van der Waals surface area contributed by atoms with Crippen molar-refractivity contribution in [3.63, 3.8) is 0 Å². The summed E-state index contributed by atoms with van der Waals surface area (Å²) in [4.78, 5) is 29.1. The summed E-state index contributed by atoms with van der Waals surface area (Å²) >= 11 is 5.81. The molecule has 5 rings (SSSR count). The lowest BCUT2D eigenvalue weighted by Crippen LogP contribution is -2.21. The molecule has 4 aromatic rings. The molecule has 1 saturated heterocycles. The highest BCUT2D eigenvalue weighted by Crippen LogP contribution is 2.29. The number of anilines is 2. The standard InChI is InChI=1S/C32H28ClF2N3O5/c33-22-11-9-21(25(35)16-22)18-43-30-8-2-7-27(38-30)31-19(4-1-6-24(31)34)15-29(39)37-26-12-10-20(32(40)41)14-28(26)36-17-23-5-3-13-42-23/h1-2,4,6-12,14,16,23,36H,3,5,13,15,17-18H2,(H,37,39)(H,40,41). The lowest BCUT2D eigenvalue weighted by atomic mass is 10.00. The fourth-order valence-corrected chi connectivity index (χ4v) is 4.92. The van der Waals surface area contributed by atoms with Gasteiger partial charge in [-0.2, -0.15) is 0 Å².